The van der Waals surface area contributed by atoms with Crippen LogP contribution in [0.25, 0.3) is 0 Å². The molecule has 0 amide bonds. The highest BCUT2D eigenvalue weighted by Gasteiger charge is 2.13. The first kappa shape index (κ1) is 9.73. The molecule has 0 bridgehead atoms. The summed E-state index contributed by atoms with van der Waals surface area (Å²) in [6.07, 6.45) is 0. The molecule has 5 heteroatoms. The van der Waals surface area contributed by atoms with Crippen LogP contribution in [0.4, 0.5) is 5.69 Å². The van der Waals surface area contributed by atoms with E-state index in [-0.39, 0.29) is 5.69 Å². The standard InChI is InChI=1S/C7H5ClINO2/c8-4-5-2-1-3-6(7(5)9)10(11)12/h1-3H,4H2. The van der Waals surface area contributed by atoms with Crippen molar-refractivity contribution in [1.29, 1.82) is 0 Å². The molecule has 1 aromatic rings. The number of nitrogens with zero attached hydrogens (tertiary/aromatic N) is 1. The highest BCUT2D eigenvalue weighted by atomic mass is 127. The van der Waals surface area contributed by atoms with Crippen molar-refractivity contribution in [2.24, 2.45) is 0 Å². The van der Waals surface area contributed by atoms with Crippen LogP contribution in [0.1, 0.15) is 5.56 Å². The molecule has 3 nitrogen and oxygen atoms in total. The average Bonchev–Trinajstić information content (AvgIpc) is 2.04. The van der Waals surface area contributed by atoms with E-state index >= 15 is 0 Å². The Bertz CT molecular complexity index is 316. The lowest BCUT2D eigenvalue weighted by molar-refractivity contribution is -0.385. The Hall–Kier alpha value is -0.360. The summed E-state index contributed by atoms with van der Waals surface area (Å²) in [5.41, 5.74) is 0.917. The minimum Gasteiger partial charge on any atom is -0.258 e. The molecule has 0 aliphatic rings. The van der Waals surface area contributed by atoms with E-state index in [1.165, 1.54) is 6.07 Å². The van der Waals surface area contributed by atoms with Crippen molar-refractivity contribution in [1.82, 2.24) is 0 Å². The molecule has 0 unspecified atom stereocenters. The molecule has 0 radical (unpaired) electrons. The summed E-state index contributed by atoms with van der Waals surface area (Å²) in [5, 5.41) is 10.4. The molecule has 0 aromatic heterocycles. The van der Waals surface area contributed by atoms with Crippen LogP contribution in [0.5, 0.6) is 0 Å². The van der Waals surface area contributed by atoms with Crippen LogP contribution in [0.15, 0.2) is 18.2 Å². The van der Waals surface area contributed by atoms with Gasteiger partial charge in [0.1, 0.15) is 0 Å². The van der Waals surface area contributed by atoms with E-state index in [0.717, 1.165) is 5.56 Å². The minimum atomic E-state index is -0.405. The van der Waals surface area contributed by atoms with Gasteiger partial charge in [-0.05, 0) is 28.2 Å². The first-order valence-corrected chi connectivity index (χ1v) is 4.76. The molecule has 12 heavy (non-hydrogen) atoms. The van der Waals surface area contributed by atoms with Crippen molar-refractivity contribution < 1.29 is 4.92 Å². The predicted molar refractivity (Wildman–Crippen MR) is 55.4 cm³/mol. The number of benzene rings is 1. The molecule has 0 N–H and O–H groups in total. The molecule has 0 aliphatic carbocycles. The molecule has 0 fully saturated rings. The largest absolute Gasteiger partial charge is 0.282 e. The van der Waals surface area contributed by atoms with Gasteiger partial charge in [0.15, 0.2) is 0 Å². The molecule has 0 saturated heterocycles. The van der Waals surface area contributed by atoms with Gasteiger partial charge in [-0.1, -0.05) is 12.1 Å². The summed E-state index contributed by atoms with van der Waals surface area (Å²) < 4.78 is 0.620. The highest BCUT2D eigenvalue weighted by Crippen LogP contribution is 2.24. The number of rotatable bonds is 2. The highest BCUT2D eigenvalue weighted by molar-refractivity contribution is 14.1. The van der Waals surface area contributed by atoms with E-state index in [2.05, 4.69) is 0 Å². The average molecular weight is 297 g/mol. The monoisotopic (exact) mass is 297 g/mol. The molecular formula is C7H5ClINO2. The Morgan fingerprint density at radius 3 is 2.75 bits per heavy atom. The Morgan fingerprint density at radius 1 is 1.58 bits per heavy atom. The van der Waals surface area contributed by atoms with Gasteiger partial charge < -0.3 is 0 Å². The number of nitro groups is 1. The van der Waals surface area contributed by atoms with E-state index in [0.29, 0.717) is 9.45 Å². The third-order valence-corrected chi connectivity index (χ3v) is 2.93. The van der Waals surface area contributed by atoms with E-state index < -0.39 is 4.92 Å². The zero-order valence-electron chi connectivity index (χ0n) is 5.96. The normalized spacial score (nSPS) is 9.83. The third-order valence-electron chi connectivity index (χ3n) is 1.40. The second kappa shape index (κ2) is 4.04. The first-order valence-electron chi connectivity index (χ1n) is 3.14. The number of hydrogen-bond acceptors (Lipinski definition) is 2. The van der Waals surface area contributed by atoms with Crippen LogP contribution in [-0.4, -0.2) is 4.92 Å². The van der Waals surface area contributed by atoms with Gasteiger partial charge in [-0.25, -0.2) is 0 Å². The molecule has 64 valence electrons. The Kier molecular flexibility index (Phi) is 3.28. The van der Waals surface area contributed by atoms with Gasteiger partial charge in [-0.15, -0.1) is 11.6 Å². The first-order chi connectivity index (χ1) is 5.66. The Balaban J connectivity index is 3.23. The topological polar surface area (TPSA) is 43.1 Å². The fourth-order valence-corrected chi connectivity index (χ4v) is 2.01. The van der Waals surface area contributed by atoms with E-state index in [1.54, 1.807) is 12.1 Å². The molecule has 0 saturated carbocycles. The fourth-order valence-electron chi connectivity index (χ4n) is 0.810. The van der Waals surface area contributed by atoms with Gasteiger partial charge in [-0.2, -0.15) is 0 Å². The van der Waals surface area contributed by atoms with Crippen molar-refractivity contribution in [2.45, 2.75) is 5.88 Å². The third kappa shape index (κ3) is 1.87. The molecule has 1 rings (SSSR count). The number of halogens is 2. The zero-order valence-corrected chi connectivity index (χ0v) is 8.87. The predicted octanol–water partition coefficient (Wildman–Crippen LogP) is 2.94. The SMILES string of the molecule is O=[N+]([O-])c1cccc(CCl)c1I. The van der Waals surface area contributed by atoms with Crippen LogP contribution in [-0.2, 0) is 5.88 Å². The Labute approximate surface area is 88.0 Å². The number of alkyl halides is 1. The second-order valence-corrected chi connectivity index (χ2v) is 3.49. The number of nitro benzene ring substituents is 1. The molecule has 0 aliphatic heterocycles. The summed E-state index contributed by atoms with van der Waals surface area (Å²) in [5.74, 6) is 0.306. The van der Waals surface area contributed by atoms with E-state index in [9.17, 15) is 10.1 Å². The molecule has 0 spiro atoms. The van der Waals surface area contributed by atoms with Crippen LogP contribution in [0.3, 0.4) is 0 Å². The summed E-state index contributed by atoms with van der Waals surface area (Å²) in [7, 11) is 0. The van der Waals surface area contributed by atoms with Crippen molar-refractivity contribution in [2.75, 3.05) is 0 Å². The van der Waals surface area contributed by atoms with Crippen molar-refractivity contribution in [3.8, 4) is 0 Å². The minimum absolute atomic E-state index is 0.119. The molecule has 0 heterocycles. The van der Waals surface area contributed by atoms with Crippen molar-refractivity contribution in [3.63, 3.8) is 0 Å². The molecule has 1 aromatic carbocycles. The van der Waals surface area contributed by atoms with Gasteiger partial charge in [0.25, 0.3) is 5.69 Å². The van der Waals surface area contributed by atoms with Crippen LogP contribution >= 0.6 is 34.2 Å². The van der Waals surface area contributed by atoms with Crippen molar-refractivity contribution in [3.05, 3.63) is 37.4 Å². The zero-order chi connectivity index (χ0) is 9.14. The maximum absolute atomic E-state index is 10.4. The maximum Gasteiger partial charge on any atom is 0.282 e. The fraction of sp³-hybridized carbons (Fsp3) is 0.143. The molecular weight excluding hydrogens is 292 g/mol. The second-order valence-electron chi connectivity index (χ2n) is 2.14. The van der Waals surface area contributed by atoms with Crippen LogP contribution in [0.2, 0.25) is 0 Å². The van der Waals surface area contributed by atoms with Gasteiger partial charge in [0.05, 0.1) is 8.49 Å². The summed E-state index contributed by atoms with van der Waals surface area (Å²) >= 11 is 7.51. The number of hydrogen-bond donors (Lipinski definition) is 0. The maximum atomic E-state index is 10.4. The lowest BCUT2D eigenvalue weighted by atomic mass is 10.2. The van der Waals surface area contributed by atoms with Gasteiger partial charge in [0, 0.05) is 11.9 Å². The summed E-state index contributed by atoms with van der Waals surface area (Å²) in [6, 6.07) is 4.89. The van der Waals surface area contributed by atoms with E-state index in [1.807, 2.05) is 22.6 Å². The Morgan fingerprint density at radius 2 is 2.25 bits per heavy atom. The van der Waals surface area contributed by atoms with Gasteiger partial charge in [-0.3, -0.25) is 10.1 Å². The van der Waals surface area contributed by atoms with Crippen LogP contribution in [0, 0.1) is 13.7 Å². The lowest BCUT2D eigenvalue weighted by Gasteiger charge is -1.99. The summed E-state index contributed by atoms with van der Waals surface area (Å²) in [6.45, 7) is 0. The quantitative estimate of drug-likeness (QED) is 0.364. The van der Waals surface area contributed by atoms with Crippen LogP contribution < -0.4 is 0 Å². The van der Waals surface area contributed by atoms with Crippen molar-refractivity contribution >= 4 is 39.9 Å². The van der Waals surface area contributed by atoms with Gasteiger partial charge in [0.2, 0.25) is 0 Å². The molecule has 0 atom stereocenters. The lowest BCUT2D eigenvalue weighted by Crippen LogP contribution is -1.94. The summed E-state index contributed by atoms with van der Waals surface area (Å²) in [4.78, 5) is 10.0. The smallest absolute Gasteiger partial charge is 0.258 e. The van der Waals surface area contributed by atoms with Gasteiger partial charge >= 0.3 is 0 Å². The van der Waals surface area contributed by atoms with E-state index in [4.69, 9.17) is 11.6 Å².